The van der Waals surface area contributed by atoms with Crippen molar-refractivity contribution in [2.45, 2.75) is 45.6 Å². The van der Waals surface area contributed by atoms with E-state index in [-0.39, 0.29) is 5.56 Å². The van der Waals surface area contributed by atoms with Gasteiger partial charge in [0.2, 0.25) is 0 Å². The van der Waals surface area contributed by atoms with Gasteiger partial charge in [0.1, 0.15) is 0 Å². The average Bonchev–Trinajstić information content (AvgIpc) is 3.06. The van der Waals surface area contributed by atoms with Crippen molar-refractivity contribution in [2.24, 2.45) is 5.92 Å². The second-order valence-corrected chi connectivity index (χ2v) is 8.15. The number of methoxy groups -OCH3 is 1. The molecule has 0 bridgehead atoms. The van der Waals surface area contributed by atoms with Crippen molar-refractivity contribution < 1.29 is 13.5 Å². The number of rotatable bonds is 7. The number of halogens is 2. The summed E-state index contributed by atoms with van der Waals surface area (Å²) in [6.45, 7) is 7.02. The molecular formula is C25H31F2NO. The van der Waals surface area contributed by atoms with Gasteiger partial charge in [0.05, 0.1) is 6.61 Å². The molecule has 1 fully saturated rings. The van der Waals surface area contributed by atoms with E-state index in [9.17, 15) is 8.78 Å². The Morgan fingerprint density at radius 1 is 1.21 bits per heavy atom. The number of benzene rings is 2. The third kappa shape index (κ3) is 5.05. The first-order valence-electron chi connectivity index (χ1n) is 10.3. The topological polar surface area (TPSA) is 12.5 Å². The maximum absolute atomic E-state index is 14.2. The van der Waals surface area contributed by atoms with Gasteiger partial charge < -0.3 is 9.64 Å². The van der Waals surface area contributed by atoms with E-state index in [1.165, 1.54) is 5.70 Å². The van der Waals surface area contributed by atoms with Crippen LogP contribution < -0.4 is 0 Å². The standard InChI is InChI=1S/C25H31F2NO/c1-5-22(28-16-20(17-29-4)13-18(28)2)14-19-11-12-24(25(3,26)27)23(15-19)21-9-7-6-8-10-21/h5-12,15,18,20H,13-14,16-17H2,1-4H3/b22-5-. The van der Waals surface area contributed by atoms with E-state index in [0.717, 1.165) is 44.0 Å². The summed E-state index contributed by atoms with van der Waals surface area (Å²) in [6.07, 6.45) is 3.99. The lowest BCUT2D eigenvalue weighted by Crippen LogP contribution is -2.28. The van der Waals surface area contributed by atoms with Crippen LogP contribution in [0.2, 0.25) is 0 Å². The molecule has 1 saturated heterocycles. The van der Waals surface area contributed by atoms with Crippen molar-refractivity contribution in [3.8, 4) is 11.1 Å². The summed E-state index contributed by atoms with van der Waals surface area (Å²) < 4.78 is 33.8. The minimum Gasteiger partial charge on any atom is -0.384 e. The molecule has 1 aliphatic heterocycles. The Kier molecular flexibility index (Phi) is 6.74. The molecule has 4 heteroatoms. The summed E-state index contributed by atoms with van der Waals surface area (Å²) in [5.41, 5.74) is 3.79. The molecule has 156 valence electrons. The van der Waals surface area contributed by atoms with Gasteiger partial charge in [-0.2, -0.15) is 0 Å². The van der Waals surface area contributed by atoms with Crippen LogP contribution in [0.4, 0.5) is 8.78 Å². The summed E-state index contributed by atoms with van der Waals surface area (Å²) in [5, 5.41) is 0. The van der Waals surface area contributed by atoms with Gasteiger partial charge in [-0.15, -0.1) is 0 Å². The number of hydrogen-bond donors (Lipinski definition) is 0. The first-order valence-corrected chi connectivity index (χ1v) is 10.3. The molecule has 2 unspecified atom stereocenters. The number of nitrogens with zero attached hydrogens (tertiary/aromatic N) is 1. The largest absolute Gasteiger partial charge is 0.384 e. The Morgan fingerprint density at radius 2 is 1.93 bits per heavy atom. The molecule has 3 rings (SSSR count). The molecule has 0 N–H and O–H groups in total. The monoisotopic (exact) mass is 399 g/mol. The Bertz CT molecular complexity index is 842. The van der Waals surface area contributed by atoms with Gasteiger partial charge in [-0.05, 0) is 37.0 Å². The van der Waals surface area contributed by atoms with Crippen LogP contribution in [0.15, 0.2) is 60.3 Å². The van der Waals surface area contributed by atoms with Crippen LogP contribution in [0.5, 0.6) is 0 Å². The zero-order valence-corrected chi connectivity index (χ0v) is 17.8. The number of hydrogen-bond acceptors (Lipinski definition) is 2. The SMILES string of the molecule is C/C=C(/Cc1ccc(C(C)(F)F)c(-c2ccccc2)c1)N1CC(COC)CC1C. The van der Waals surface area contributed by atoms with E-state index in [2.05, 4.69) is 24.8 Å². The van der Waals surface area contributed by atoms with Gasteiger partial charge in [0.25, 0.3) is 5.92 Å². The van der Waals surface area contributed by atoms with E-state index in [1.807, 2.05) is 42.5 Å². The van der Waals surface area contributed by atoms with Crippen LogP contribution in [0.3, 0.4) is 0 Å². The number of likely N-dealkylation sites (tertiary alicyclic amines) is 1. The van der Waals surface area contributed by atoms with Crippen LogP contribution in [-0.4, -0.2) is 31.2 Å². The molecule has 0 amide bonds. The van der Waals surface area contributed by atoms with Crippen molar-refractivity contribution in [3.63, 3.8) is 0 Å². The lowest BCUT2D eigenvalue weighted by molar-refractivity contribution is 0.0181. The number of alkyl halides is 2. The molecule has 2 atom stereocenters. The molecule has 0 aromatic heterocycles. The maximum atomic E-state index is 14.2. The highest BCUT2D eigenvalue weighted by Gasteiger charge is 2.31. The first-order chi connectivity index (χ1) is 13.8. The average molecular weight is 400 g/mol. The van der Waals surface area contributed by atoms with Gasteiger partial charge in [-0.3, -0.25) is 0 Å². The fourth-order valence-electron chi connectivity index (χ4n) is 4.42. The smallest absolute Gasteiger partial charge is 0.271 e. The summed E-state index contributed by atoms with van der Waals surface area (Å²) in [5.74, 6) is -2.35. The van der Waals surface area contributed by atoms with Crippen molar-refractivity contribution in [1.82, 2.24) is 4.90 Å². The molecule has 29 heavy (non-hydrogen) atoms. The van der Waals surface area contributed by atoms with Crippen LogP contribution in [0, 0.1) is 5.92 Å². The molecule has 1 aliphatic rings. The lowest BCUT2D eigenvalue weighted by Gasteiger charge is -2.27. The predicted octanol–water partition coefficient (Wildman–Crippen LogP) is 6.27. The van der Waals surface area contributed by atoms with Crippen molar-refractivity contribution in [3.05, 3.63) is 71.4 Å². The zero-order chi connectivity index (χ0) is 21.0. The third-order valence-electron chi connectivity index (χ3n) is 5.79. The fraction of sp³-hybridized carbons (Fsp3) is 0.440. The fourth-order valence-corrected chi connectivity index (χ4v) is 4.42. The van der Waals surface area contributed by atoms with Crippen LogP contribution >= 0.6 is 0 Å². The lowest BCUT2D eigenvalue weighted by atomic mass is 9.93. The van der Waals surface area contributed by atoms with E-state index < -0.39 is 5.92 Å². The Balaban J connectivity index is 1.89. The number of ether oxygens (including phenoxy) is 1. The van der Waals surface area contributed by atoms with Crippen molar-refractivity contribution in [2.75, 3.05) is 20.3 Å². The second kappa shape index (κ2) is 9.08. The molecule has 2 nitrogen and oxygen atoms in total. The third-order valence-corrected chi connectivity index (χ3v) is 5.79. The first kappa shape index (κ1) is 21.5. The molecule has 2 aromatic rings. The Labute approximate surface area is 173 Å². The highest BCUT2D eigenvalue weighted by atomic mass is 19.3. The van der Waals surface area contributed by atoms with E-state index in [0.29, 0.717) is 17.5 Å². The minimum absolute atomic E-state index is 0.0733. The van der Waals surface area contributed by atoms with Gasteiger partial charge in [-0.25, -0.2) is 8.78 Å². The molecule has 2 aromatic carbocycles. The van der Waals surface area contributed by atoms with Gasteiger partial charge in [0, 0.05) is 50.2 Å². The zero-order valence-electron chi connectivity index (χ0n) is 17.8. The van der Waals surface area contributed by atoms with Gasteiger partial charge in [0.15, 0.2) is 0 Å². The maximum Gasteiger partial charge on any atom is 0.271 e. The van der Waals surface area contributed by atoms with Gasteiger partial charge in [-0.1, -0.05) is 54.6 Å². The molecule has 0 radical (unpaired) electrons. The van der Waals surface area contributed by atoms with Crippen LogP contribution in [0.1, 0.15) is 38.3 Å². The highest BCUT2D eigenvalue weighted by Crippen LogP contribution is 2.37. The molecule has 0 spiro atoms. The van der Waals surface area contributed by atoms with Crippen LogP contribution in [-0.2, 0) is 17.1 Å². The molecular weight excluding hydrogens is 368 g/mol. The number of allylic oxidation sites excluding steroid dienone is 2. The summed E-state index contributed by atoms with van der Waals surface area (Å²) in [4.78, 5) is 2.44. The predicted molar refractivity (Wildman–Crippen MR) is 115 cm³/mol. The Morgan fingerprint density at radius 3 is 2.55 bits per heavy atom. The van der Waals surface area contributed by atoms with E-state index in [1.54, 1.807) is 13.2 Å². The van der Waals surface area contributed by atoms with Crippen molar-refractivity contribution >= 4 is 0 Å². The quantitative estimate of drug-likeness (QED) is 0.544. The Hall–Kier alpha value is -2.20. The van der Waals surface area contributed by atoms with E-state index >= 15 is 0 Å². The second-order valence-electron chi connectivity index (χ2n) is 8.15. The summed E-state index contributed by atoms with van der Waals surface area (Å²) in [6, 6.07) is 15.3. The van der Waals surface area contributed by atoms with E-state index in [4.69, 9.17) is 4.74 Å². The summed E-state index contributed by atoms with van der Waals surface area (Å²) in [7, 11) is 1.75. The molecule has 1 heterocycles. The van der Waals surface area contributed by atoms with Crippen molar-refractivity contribution in [1.29, 1.82) is 0 Å². The summed E-state index contributed by atoms with van der Waals surface area (Å²) >= 11 is 0. The molecule has 0 saturated carbocycles. The highest BCUT2D eigenvalue weighted by molar-refractivity contribution is 5.69. The van der Waals surface area contributed by atoms with Gasteiger partial charge >= 0.3 is 0 Å². The van der Waals surface area contributed by atoms with Crippen LogP contribution in [0.25, 0.3) is 11.1 Å². The molecule has 0 aliphatic carbocycles. The normalized spacial score (nSPS) is 20.3. The minimum atomic E-state index is -2.88.